The number of primary amides is 1. The minimum Gasteiger partial charge on any atom is -0.368 e. The molecule has 2 fully saturated rings. The number of rotatable bonds is 8. The van der Waals surface area contributed by atoms with Gasteiger partial charge in [-0.15, -0.1) is 0 Å². The smallest absolute Gasteiger partial charge is 0.315 e. The number of aromatic nitrogens is 2. The van der Waals surface area contributed by atoms with Crippen LogP contribution >= 0.6 is 0 Å². The number of aryl methyl sites for hydroxylation is 1. The molecule has 3 atom stereocenters. The number of hydrogen-bond donors (Lipinski definition) is 5. The van der Waals surface area contributed by atoms with Gasteiger partial charge in [-0.05, 0) is 43.0 Å². The fraction of sp³-hybridized carbons (Fsp3) is 0.448. The van der Waals surface area contributed by atoms with E-state index in [-0.39, 0.29) is 30.9 Å². The second-order valence-corrected chi connectivity index (χ2v) is 10.8. The molecule has 3 heterocycles. The molecule has 1 aliphatic carbocycles. The molecular weight excluding hydrogens is 510 g/mol. The van der Waals surface area contributed by atoms with Gasteiger partial charge in [0.1, 0.15) is 17.8 Å². The Morgan fingerprint density at radius 3 is 2.52 bits per heavy atom. The summed E-state index contributed by atoms with van der Waals surface area (Å²) < 4.78 is 1.69. The van der Waals surface area contributed by atoms with Crippen molar-refractivity contribution in [3.63, 3.8) is 0 Å². The number of carbonyl (C=O) groups is 4. The highest BCUT2D eigenvalue weighted by Crippen LogP contribution is 2.24. The number of hydrogen-bond acceptors (Lipinski definition) is 4. The molecule has 1 saturated carbocycles. The molecule has 1 aliphatic heterocycles. The van der Waals surface area contributed by atoms with Crippen LogP contribution in [0.3, 0.4) is 0 Å². The van der Waals surface area contributed by atoms with Gasteiger partial charge < -0.3 is 36.1 Å². The van der Waals surface area contributed by atoms with Crippen molar-refractivity contribution in [1.29, 1.82) is 0 Å². The van der Waals surface area contributed by atoms with Gasteiger partial charge in [-0.3, -0.25) is 14.4 Å². The van der Waals surface area contributed by atoms with Crippen LogP contribution in [0.5, 0.6) is 0 Å². The topological polar surface area (TPSA) is 154 Å². The molecule has 5 rings (SSSR count). The number of aromatic amines is 1. The van der Waals surface area contributed by atoms with Crippen molar-refractivity contribution in [2.45, 2.75) is 69.1 Å². The summed E-state index contributed by atoms with van der Waals surface area (Å²) >= 11 is 0. The van der Waals surface area contributed by atoms with Crippen LogP contribution in [0.2, 0.25) is 0 Å². The number of amides is 5. The molecule has 0 radical (unpaired) electrons. The lowest BCUT2D eigenvalue weighted by Crippen LogP contribution is -2.59. The summed E-state index contributed by atoms with van der Waals surface area (Å²) in [5, 5.41) is 9.69. The SMILES string of the molecule is Cn1cccc1C(=O)N1CCC(NC(=O)NC2CCCCC2)C1C(=O)NC(Cc1c[nH]c2ccccc12)C(N)=O. The first-order valence-electron chi connectivity index (χ1n) is 14.0. The Hall–Kier alpha value is -4.28. The third-order valence-electron chi connectivity index (χ3n) is 8.11. The Labute approximate surface area is 232 Å². The second kappa shape index (κ2) is 11.8. The zero-order valence-corrected chi connectivity index (χ0v) is 22.7. The number of likely N-dealkylation sites (tertiary alicyclic amines) is 1. The third kappa shape index (κ3) is 5.83. The molecule has 1 saturated heterocycles. The monoisotopic (exact) mass is 547 g/mol. The molecule has 40 heavy (non-hydrogen) atoms. The van der Waals surface area contributed by atoms with Gasteiger partial charge in [0.15, 0.2) is 0 Å². The lowest BCUT2D eigenvalue weighted by Gasteiger charge is -2.30. The second-order valence-electron chi connectivity index (χ2n) is 10.8. The number of nitrogens with zero attached hydrogens (tertiary/aromatic N) is 2. The van der Waals surface area contributed by atoms with E-state index < -0.39 is 29.9 Å². The Kier molecular flexibility index (Phi) is 8.09. The summed E-state index contributed by atoms with van der Waals surface area (Å²) in [6, 6.07) is 8.22. The molecule has 2 aromatic heterocycles. The zero-order chi connectivity index (χ0) is 28.2. The molecule has 5 amide bonds. The fourth-order valence-corrected chi connectivity index (χ4v) is 5.97. The summed E-state index contributed by atoms with van der Waals surface area (Å²) in [6.07, 6.45) is 9.30. The molecule has 3 aromatic rings. The van der Waals surface area contributed by atoms with Gasteiger partial charge in [0.05, 0.1) is 6.04 Å². The molecule has 6 N–H and O–H groups in total. The molecule has 2 aliphatic rings. The van der Waals surface area contributed by atoms with Gasteiger partial charge >= 0.3 is 6.03 Å². The van der Waals surface area contributed by atoms with Crippen LogP contribution in [-0.4, -0.2) is 68.9 Å². The molecule has 1 aromatic carbocycles. The number of H-pyrrole nitrogens is 1. The van der Waals surface area contributed by atoms with E-state index in [2.05, 4.69) is 20.9 Å². The van der Waals surface area contributed by atoms with Crippen molar-refractivity contribution >= 4 is 34.7 Å². The Bertz CT molecular complexity index is 1390. The number of urea groups is 1. The number of nitrogens with two attached hydrogens (primary N) is 1. The van der Waals surface area contributed by atoms with Gasteiger partial charge in [0.2, 0.25) is 11.8 Å². The third-order valence-corrected chi connectivity index (χ3v) is 8.11. The van der Waals surface area contributed by atoms with Gasteiger partial charge in [-0.2, -0.15) is 0 Å². The quantitative estimate of drug-likeness (QED) is 0.292. The van der Waals surface area contributed by atoms with Crippen LogP contribution in [0, 0.1) is 0 Å². The summed E-state index contributed by atoms with van der Waals surface area (Å²) in [5.41, 5.74) is 7.90. The predicted molar refractivity (Wildman–Crippen MR) is 150 cm³/mol. The van der Waals surface area contributed by atoms with Crippen LogP contribution < -0.4 is 21.7 Å². The zero-order valence-electron chi connectivity index (χ0n) is 22.7. The van der Waals surface area contributed by atoms with Crippen LogP contribution in [0.1, 0.15) is 54.6 Å². The van der Waals surface area contributed by atoms with Crippen molar-refractivity contribution in [2.24, 2.45) is 12.8 Å². The summed E-state index contributed by atoms with van der Waals surface area (Å²) in [7, 11) is 1.76. The summed E-state index contributed by atoms with van der Waals surface area (Å²) in [5.74, 6) is -1.54. The number of nitrogens with one attached hydrogen (secondary N) is 4. The van der Waals surface area contributed by atoms with Crippen molar-refractivity contribution in [2.75, 3.05) is 6.54 Å². The van der Waals surface area contributed by atoms with Gasteiger partial charge in [-0.1, -0.05) is 37.5 Å². The lowest BCUT2D eigenvalue weighted by molar-refractivity contribution is -0.130. The maximum Gasteiger partial charge on any atom is 0.315 e. The Morgan fingerprint density at radius 1 is 1.02 bits per heavy atom. The average molecular weight is 548 g/mol. The van der Waals surface area contributed by atoms with Gasteiger partial charge in [0, 0.05) is 49.4 Å². The number of fused-ring (bicyclic) bond motifs is 1. The van der Waals surface area contributed by atoms with Crippen LogP contribution in [-0.2, 0) is 23.1 Å². The van der Waals surface area contributed by atoms with Gasteiger partial charge in [-0.25, -0.2) is 4.79 Å². The van der Waals surface area contributed by atoms with Crippen molar-refractivity contribution < 1.29 is 19.2 Å². The maximum absolute atomic E-state index is 13.8. The number of benzene rings is 1. The first-order chi connectivity index (χ1) is 19.3. The average Bonchev–Trinajstić information content (AvgIpc) is 3.67. The Morgan fingerprint density at radius 2 is 1.80 bits per heavy atom. The molecule has 212 valence electrons. The van der Waals surface area contributed by atoms with E-state index >= 15 is 0 Å². The molecule has 0 spiro atoms. The van der Waals surface area contributed by atoms with Crippen LogP contribution in [0.15, 0.2) is 48.8 Å². The number of para-hydroxylation sites is 1. The standard InChI is InChI=1S/C29H37N7O4/c1-35-14-7-12-24(35)28(39)36-15-13-22(34-29(40)32-19-8-3-2-4-9-19)25(36)27(38)33-23(26(30)37)16-18-17-31-21-11-6-5-10-20(18)21/h5-7,10-12,14,17,19,22-23,25,31H,2-4,8-9,13,15-16H2,1H3,(H2,30,37)(H,33,38)(H2,32,34,40). The molecule has 11 nitrogen and oxygen atoms in total. The van der Waals surface area contributed by atoms with E-state index in [1.165, 1.54) is 11.3 Å². The van der Waals surface area contributed by atoms with E-state index in [1.54, 1.807) is 36.1 Å². The Balaban J connectivity index is 1.35. The predicted octanol–water partition coefficient (Wildman–Crippen LogP) is 1.93. The fourth-order valence-electron chi connectivity index (χ4n) is 5.97. The van der Waals surface area contributed by atoms with E-state index in [9.17, 15) is 19.2 Å². The summed E-state index contributed by atoms with van der Waals surface area (Å²) in [6.45, 7) is 0.278. The molecule has 3 unspecified atom stereocenters. The molecule has 0 bridgehead atoms. The largest absolute Gasteiger partial charge is 0.368 e. The van der Waals surface area contributed by atoms with E-state index in [4.69, 9.17) is 5.73 Å². The lowest BCUT2D eigenvalue weighted by atomic mass is 9.96. The highest BCUT2D eigenvalue weighted by Gasteiger charge is 2.44. The van der Waals surface area contributed by atoms with E-state index in [0.29, 0.717) is 12.1 Å². The van der Waals surface area contributed by atoms with Crippen molar-refractivity contribution in [1.82, 2.24) is 30.4 Å². The van der Waals surface area contributed by atoms with E-state index in [1.807, 2.05) is 24.3 Å². The van der Waals surface area contributed by atoms with E-state index in [0.717, 1.165) is 42.1 Å². The maximum atomic E-state index is 13.8. The van der Waals surface area contributed by atoms with Crippen molar-refractivity contribution in [3.05, 3.63) is 60.0 Å². The number of carbonyl (C=O) groups excluding carboxylic acids is 4. The molecular formula is C29H37N7O4. The summed E-state index contributed by atoms with van der Waals surface area (Å²) in [4.78, 5) is 57.4. The van der Waals surface area contributed by atoms with Gasteiger partial charge in [0.25, 0.3) is 5.91 Å². The highest BCUT2D eigenvalue weighted by molar-refractivity contribution is 5.98. The van der Waals surface area contributed by atoms with Crippen LogP contribution in [0.25, 0.3) is 10.9 Å². The van der Waals surface area contributed by atoms with Crippen molar-refractivity contribution in [3.8, 4) is 0 Å². The minimum atomic E-state index is -1.01. The normalized spacial score (nSPS) is 20.3. The molecule has 11 heteroatoms. The first kappa shape index (κ1) is 27.3. The van der Waals surface area contributed by atoms with Crippen LogP contribution in [0.4, 0.5) is 4.79 Å². The first-order valence-corrected chi connectivity index (χ1v) is 14.0. The highest BCUT2D eigenvalue weighted by atomic mass is 16.2. The minimum absolute atomic E-state index is 0.0962.